The predicted molar refractivity (Wildman–Crippen MR) is 107 cm³/mol. The van der Waals surface area contributed by atoms with Crippen molar-refractivity contribution >= 4 is 28.6 Å². The topological polar surface area (TPSA) is 55.1 Å². The smallest absolute Gasteiger partial charge is 0.255 e. The van der Waals surface area contributed by atoms with Crippen molar-refractivity contribution in [1.29, 1.82) is 0 Å². The average Bonchev–Trinajstić information content (AvgIpc) is 3.17. The van der Waals surface area contributed by atoms with Crippen LogP contribution in [-0.2, 0) is 0 Å². The molecule has 4 heteroatoms. The van der Waals surface area contributed by atoms with Crippen molar-refractivity contribution in [2.24, 2.45) is 0 Å². The van der Waals surface area contributed by atoms with Crippen LogP contribution in [0.25, 0.3) is 10.4 Å². The van der Waals surface area contributed by atoms with Crippen LogP contribution in [0.2, 0.25) is 0 Å². The maximum Gasteiger partial charge on any atom is 0.255 e. The van der Waals surface area contributed by atoms with Crippen molar-refractivity contribution in [3.8, 4) is 10.4 Å². The number of rotatable bonds is 5. The van der Waals surface area contributed by atoms with E-state index in [1.807, 2.05) is 60.0 Å². The Bertz CT molecular complexity index is 854. The number of thiophene rings is 1. The van der Waals surface area contributed by atoms with Crippen LogP contribution in [0.1, 0.15) is 35.2 Å². The molecule has 0 aliphatic rings. The number of nitrogen functional groups attached to an aromatic ring is 1. The number of hydrogen-bond donors (Lipinski definition) is 2. The third kappa shape index (κ3) is 3.91. The molecule has 0 aliphatic heterocycles. The highest BCUT2D eigenvalue weighted by Gasteiger charge is 2.11. The number of benzene rings is 2. The quantitative estimate of drug-likeness (QED) is 0.591. The summed E-state index contributed by atoms with van der Waals surface area (Å²) in [5.41, 5.74) is 9.99. The van der Waals surface area contributed by atoms with Gasteiger partial charge in [-0.15, -0.1) is 11.3 Å². The summed E-state index contributed by atoms with van der Waals surface area (Å²) >= 11 is 1.65. The fourth-order valence-corrected chi connectivity index (χ4v) is 3.32. The minimum Gasteiger partial charge on any atom is -0.397 e. The second-order valence-corrected chi connectivity index (χ2v) is 6.91. The first-order valence-electron chi connectivity index (χ1n) is 8.26. The summed E-state index contributed by atoms with van der Waals surface area (Å²) < 4.78 is 0. The van der Waals surface area contributed by atoms with Gasteiger partial charge in [0.1, 0.15) is 0 Å². The van der Waals surface area contributed by atoms with Crippen LogP contribution >= 0.6 is 11.3 Å². The lowest BCUT2D eigenvalue weighted by molar-refractivity contribution is 0.102. The van der Waals surface area contributed by atoms with Gasteiger partial charge in [0, 0.05) is 10.4 Å². The Kier molecular flexibility index (Phi) is 5.19. The van der Waals surface area contributed by atoms with E-state index in [0.29, 0.717) is 16.9 Å². The number of amides is 1. The second-order valence-electron chi connectivity index (χ2n) is 5.96. The van der Waals surface area contributed by atoms with Crippen LogP contribution in [0.3, 0.4) is 0 Å². The summed E-state index contributed by atoms with van der Waals surface area (Å²) in [6.07, 6.45) is 0.970. The lowest BCUT2D eigenvalue weighted by atomic mass is 9.97. The summed E-state index contributed by atoms with van der Waals surface area (Å²) in [6, 6.07) is 17.3. The Morgan fingerprint density at radius 3 is 2.60 bits per heavy atom. The van der Waals surface area contributed by atoms with Crippen molar-refractivity contribution in [2.45, 2.75) is 19.3 Å². The van der Waals surface area contributed by atoms with E-state index in [1.54, 1.807) is 11.3 Å². The Morgan fingerprint density at radius 1 is 1.20 bits per heavy atom. The molecule has 1 aromatic heterocycles. The standard InChI is InChI=1S/C21H21N2OS/c1-3-14(2)15-6-8-16(9-7-15)21(24)23-19-13-17(10-11-18(19)22)20-5-4-12-25-20/h4-14H,2-3,22H2,1H3,(H,23,24). The molecule has 127 valence electrons. The van der Waals surface area contributed by atoms with E-state index in [9.17, 15) is 4.79 Å². The number of carbonyl (C=O) groups is 1. The van der Waals surface area contributed by atoms with Gasteiger partial charge in [-0.3, -0.25) is 4.79 Å². The molecule has 1 heterocycles. The van der Waals surface area contributed by atoms with Crippen molar-refractivity contribution in [2.75, 3.05) is 11.1 Å². The number of anilines is 2. The van der Waals surface area contributed by atoms with Crippen LogP contribution in [0.4, 0.5) is 11.4 Å². The summed E-state index contributed by atoms with van der Waals surface area (Å²) in [6.45, 7) is 6.20. The maximum absolute atomic E-state index is 12.5. The van der Waals surface area contributed by atoms with Gasteiger partial charge in [0.25, 0.3) is 5.91 Å². The fraction of sp³-hybridized carbons (Fsp3) is 0.143. The zero-order valence-electron chi connectivity index (χ0n) is 14.2. The Balaban J connectivity index is 1.80. The minimum atomic E-state index is -0.168. The molecule has 1 radical (unpaired) electrons. The molecule has 1 amide bonds. The van der Waals surface area contributed by atoms with Gasteiger partial charge in [0.15, 0.2) is 0 Å². The highest BCUT2D eigenvalue weighted by atomic mass is 32.1. The van der Waals surface area contributed by atoms with Crippen LogP contribution in [0.5, 0.6) is 0 Å². The number of nitrogens with two attached hydrogens (primary N) is 1. The van der Waals surface area contributed by atoms with E-state index in [0.717, 1.165) is 22.4 Å². The van der Waals surface area contributed by atoms with Gasteiger partial charge in [-0.05, 0) is 66.1 Å². The first kappa shape index (κ1) is 17.2. The fourth-order valence-electron chi connectivity index (χ4n) is 2.60. The van der Waals surface area contributed by atoms with Crippen molar-refractivity contribution in [1.82, 2.24) is 0 Å². The molecule has 25 heavy (non-hydrogen) atoms. The molecule has 0 saturated heterocycles. The van der Waals surface area contributed by atoms with E-state index in [-0.39, 0.29) is 11.8 Å². The SMILES string of the molecule is [CH2]C(CC)c1ccc(C(=O)Nc2cc(-c3cccs3)ccc2N)cc1. The molecular formula is C21H21N2OS. The van der Waals surface area contributed by atoms with E-state index < -0.39 is 0 Å². The van der Waals surface area contributed by atoms with E-state index in [4.69, 9.17) is 5.73 Å². The third-order valence-corrected chi connectivity index (χ3v) is 5.16. The molecule has 0 aliphatic carbocycles. The largest absolute Gasteiger partial charge is 0.397 e. The zero-order chi connectivity index (χ0) is 17.8. The molecule has 0 bridgehead atoms. The van der Waals surface area contributed by atoms with Crippen LogP contribution in [0.15, 0.2) is 60.0 Å². The molecule has 3 nitrogen and oxygen atoms in total. The minimum absolute atomic E-state index is 0.168. The first-order chi connectivity index (χ1) is 12.1. The monoisotopic (exact) mass is 349 g/mol. The molecule has 3 rings (SSSR count). The molecule has 3 N–H and O–H groups in total. The number of carbonyl (C=O) groups excluding carboxylic acids is 1. The van der Waals surface area contributed by atoms with Crippen LogP contribution < -0.4 is 11.1 Å². The second kappa shape index (κ2) is 7.53. The molecule has 0 fully saturated rings. The van der Waals surface area contributed by atoms with E-state index in [1.165, 1.54) is 0 Å². The van der Waals surface area contributed by atoms with Gasteiger partial charge in [-0.2, -0.15) is 0 Å². The molecular weight excluding hydrogens is 328 g/mol. The first-order valence-corrected chi connectivity index (χ1v) is 9.14. The van der Waals surface area contributed by atoms with Gasteiger partial charge in [-0.25, -0.2) is 0 Å². The summed E-state index contributed by atoms with van der Waals surface area (Å²) in [4.78, 5) is 13.7. The predicted octanol–water partition coefficient (Wildman–Crippen LogP) is 5.58. The third-order valence-electron chi connectivity index (χ3n) is 4.24. The normalized spacial score (nSPS) is 11.9. The number of nitrogens with one attached hydrogen (secondary N) is 1. The lowest BCUT2D eigenvalue weighted by Crippen LogP contribution is -2.13. The number of hydrogen-bond acceptors (Lipinski definition) is 3. The Labute approximate surface area is 152 Å². The molecule has 1 unspecified atom stereocenters. The molecule has 1 atom stereocenters. The molecule has 0 saturated carbocycles. The van der Waals surface area contributed by atoms with Gasteiger partial charge in [-0.1, -0.05) is 31.2 Å². The summed E-state index contributed by atoms with van der Waals surface area (Å²) in [5, 5.41) is 4.94. The highest BCUT2D eigenvalue weighted by Crippen LogP contribution is 2.30. The van der Waals surface area contributed by atoms with E-state index >= 15 is 0 Å². The zero-order valence-corrected chi connectivity index (χ0v) is 15.0. The molecule has 2 aromatic carbocycles. The maximum atomic E-state index is 12.5. The lowest BCUT2D eigenvalue weighted by Gasteiger charge is -2.12. The van der Waals surface area contributed by atoms with E-state index in [2.05, 4.69) is 19.2 Å². The Hall–Kier alpha value is -2.59. The van der Waals surface area contributed by atoms with Crippen LogP contribution in [0, 0.1) is 6.92 Å². The van der Waals surface area contributed by atoms with Gasteiger partial charge < -0.3 is 11.1 Å². The van der Waals surface area contributed by atoms with Gasteiger partial charge >= 0.3 is 0 Å². The molecule has 3 aromatic rings. The summed E-state index contributed by atoms with van der Waals surface area (Å²) in [7, 11) is 0. The van der Waals surface area contributed by atoms with Crippen LogP contribution in [-0.4, -0.2) is 5.91 Å². The van der Waals surface area contributed by atoms with Crippen molar-refractivity contribution in [3.63, 3.8) is 0 Å². The van der Waals surface area contributed by atoms with Crippen molar-refractivity contribution < 1.29 is 4.79 Å². The highest BCUT2D eigenvalue weighted by molar-refractivity contribution is 7.13. The van der Waals surface area contributed by atoms with Crippen molar-refractivity contribution in [3.05, 3.63) is 78.0 Å². The summed E-state index contributed by atoms with van der Waals surface area (Å²) in [5.74, 6) is 0.0777. The Morgan fingerprint density at radius 2 is 1.96 bits per heavy atom. The van der Waals surface area contributed by atoms with Gasteiger partial charge in [0.05, 0.1) is 11.4 Å². The molecule has 0 spiro atoms. The van der Waals surface area contributed by atoms with Gasteiger partial charge in [0.2, 0.25) is 0 Å². The average molecular weight is 349 g/mol.